The average Bonchev–Trinajstić information content (AvgIpc) is 3.49. The summed E-state index contributed by atoms with van der Waals surface area (Å²) in [4.78, 5) is 17.5. The van der Waals surface area contributed by atoms with Gasteiger partial charge in [0.2, 0.25) is 0 Å². The van der Waals surface area contributed by atoms with Crippen molar-refractivity contribution in [2.75, 3.05) is 5.32 Å². The summed E-state index contributed by atoms with van der Waals surface area (Å²) in [5.41, 5.74) is 1.36. The number of thiazole rings is 1. The molecule has 4 aromatic rings. The van der Waals surface area contributed by atoms with Crippen molar-refractivity contribution in [3.8, 4) is 5.69 Å². The zero-order valence-corrected chi connectivity index (χ0v) is 17.1. The summed E-state index contributed by atoms with van der Waals surface area (Å²) in [5, 5.41) is 14.7. The van der Waals surface area contributed by atoms with E-state index in [9.17, 15) is 13.6 Å². The number of halogens is 2. The second-order valence-corrected chi connectivity index (χ2v) is 8.43. The van der Waals surface area contributed by atoms with Crippen LogP contribution in [0.4, 0.5) is 13.9 Å². The third-order valence-electron chi connectivity index (χ3n) is 5.36. The van der Waals surface area contributed by atoms with Crippen molar-refractivity contribution in [2.24, 2.45) is 0 Å². The quantitative estimate of drug-likeness (QED) is 0.491. The van der Waals surface area contributed by atoms with Crippen LogP contribution in [-0.4, -0.2) is 38.0 Å². The van der Waals surface area contributed by atoms with E-state index in [1.54, 1.807) is 12.3 Å². The molecule has 2 heterocycles. The molecule has 0 spiro atoms. The normalized spacial score (nSPS) is 18.4. The lowest BCUT2D eigenvalue weighted by molar-refractivity contribution is 0.0935. The van der Waals surface area contributed by atoms with Gasteiger partial charge in [0, 0.05) is 12.1 Å². The molecule has 0 aliphatic heterocycles. The van der Waals surface area contributed by atoms with Gasteiger partial charge in [0.25, 0.3) is 5.91 Å². The van der Waals surface area contributed by atoms with Crippen LogP contribution >= 0.6 is 11.3 Å². The van der Waals surface area contributed by atoms with E-state index in [2.05, 4.69) is 25.9 Å². The Hall–Kier alpha value is -3.40. The van der Waals surface area contributed by atoms with Gasteiger partial charge in [0.1, 0.15) is 11.6 Å². The van der Waals surface area contributed by atoms with Crippen molar-refractivity contribution in [2.45, 2.75) is 31.3 Å². The van der Waals surface area contributed by atoms with Gasteiger partial charge < -0.3 is 10.6 Å². The number of nitrogens with one attached hydrogen (secondary N) is 2. The minimum absolute atomic E-state index is 0.0299. The number of hydrogen-bond donors (Lipinski definition) is 2. The highest BCUT2D eigenvalue weighted by Gasteiger charge is 2.30. The van der Waals surface area contributed by atoms with Crippen molar-refractivity contribution >= 4 is 32.6 Å². The van der Waals surface area contributed by atoms with Crippen LogP contribution in [0.2, 0.25) is 0 Å². The zero-order valence-electron chi connectivity index (χ0n) is 16.3. The second kappa shape index (κ2) is 8.03. The van der Waals surface area contributed by atoms with Gasteiger partial charge in [-0.25, -0.2) is 18.4 Å². The number of rotatable bonds is 5. The van der Waals surface area contributed by atoms with Gasteiger partial charge >= 0.3 is 0 Å². The molecule has 2 N–H and O–H groups in total. The maximum atomic E-state index is 13.9. The highest BCUT2D eigenvalue weighted by Crippen LogP contribution is 2.30. The molecule has 2 atom stereocenters. The molecule has 2 aromatic heterocycles. The number of anilines is 1. The van der Waals surface area contributed by atoms with E-state index in [-0.39, 0.29) is 29.4 Å². The summed E-state index contributed by atoms with van der Waals surface area (Å²) in [5.74, 6) is -1.18. The Labute approximate surface area is 180 Å². The van der Waals surface area contributed by atoms with E-state index in [0.29, 0.717) is 10.8 Å². The van der Waals surface area contributed by atoms with E-state index < -0.39 is 5.82 Å². The molecule has 0 unspecified atom stereocenters. The van der Waals surface area contributed by atoms with E-state index in [4.69, 9.17) is 0 Å². The van der Waals surface area contributed by atoms with Gasteiger partial charge in [-0.3, -0.25) is 4.79 Å². The van der Waals surface area contributed by atoms with Gasteiger partial charge in [-0.2, -0.15) is 0 Å². The fraction of sp³-hybridized carbons (Fsp3) is 0.238. The zero-order chi connectivity index (χ0) is 21.4. The fourth-order valence-electron chi connectivity index (χ4n) is 3.90. The Balaban J connectivity index is 1.34. The first-order chi connectivity index (χ1) is 15.1. The standard InChI is InChI=1S/C21H18F2N6OS/c22-12-5-7-18(29-9-8-24-28-29)14(10-12)20(30)25-15-2-1-3-16(15)26-21-27-17-6-4-13(23)11-19(17)31-21/h4-11,15-16H,1-3H2,(H,25,30)(H,26,27)/t15-,16+/m1/s1. The number of nitrogens with zero attached hydrogens (tertiary/aromatic N) is 4. The fourth-order valence-corrected chi connectivity index (χ4v) is 4.85. The number of amides is 1. The Kier molecular flexibility index (Phi) is 5.06. The Morgan fingerprint density at radius 2 is 1.90 bits per heavy atom. The number of benzene rings is 2. The lowest BCUT2D eigenvalue weighted by Crippen LogP contribution is -2.43. The minimum atomic E-state index is -0.503. The van der Waals surface area contributed by atoms with Crippen LogP contribution in [-0.2, 0) is 0 Å². The van der Waals surface area contributed by atoms with Crippen molar-refractivity contribution in [3.63, 3.8) is 0 Å². The third kappa shape index (κ3) is 3.98. The highest BCUT2D eigenvalue weighted by atomic mass is 32.1. The first-order valence-electron chi connectivity index (χ1n) is 9.86. The van der Waals surface area contributed by atoms with Gasteiger partial charge in [0.05, 0.1) is 33.9 Å². The van der Waals surface area contributed by atoms with Gasteiger partial charge in [-0.1, -0.05) is 16.6 Å². The van der Waals surface area contributed by atoms with Crippen LogP contribution in [0.3, 0.4) is 0 Å². The molecule has 1 amide bonds. The first-order valence-corrected chi connectivity index (χ1v) is 10.7. The number of hydrogen-bond acceptors (Lipinski definition) is 6. The van der Waals surface area contributed by atoms with Crippen molar-refractivity contribution in [1.29, 1.82) is 0 Å². The first kappa shape index (κ1) is 19.6. The van der Waals surface area contributed by atoms with Crippen LogP contribution in [0, 0.1) is 11.6 Å². The smallest absolute Gasteiger partial charge is 0.253 e. The number of carbonyl (C=O) groups excluding carboxylic acids is 1. The summed E-state index contributed by atoms with van der Waals surface area (Å²) in [7, 11) is 0. The molecule has 0 saturated heterocycles. The van der Waals surface area contributed by atoms with Gasteiger partial charge in [-0.15, -0.1) is 5.10 Å². The average molecular weight is 440 g/mol. The molecular weight excluding hydrogens is 422 g/mol. The van der Waals surface area contributed by atoms with E-state index >= 15 is 0 Å². The molecule has 7 nitrogen and oxygen atoms in total. The predicted octanol–water partition coefficient (Wildman–Crippen LogP) is 3.92. The Bertz CT molecular complexity index is 1240. The topological polar surface area (TPSA) is 84.7 Å². The summed E-state index contributed by atoms with van der Waals surface area (Å²) >= 11 is 1.38. The van der Waals surface area contributed by atoms with Crippen molar-refractivity contribution in [3.05, 3.63) is 66.0 Å². The molecule has 0 radical (unpaired) electrons. The van der Waals surface area contributed by atoms with Gasteiger partial charge in [-0.05, 0) is 55.7 Å². The molecule has 1 aliphatic rings. The molecule has 1 fully saturated rings. The number of fused-ring (bicyclic) bond motifs is 1. The molecule has 2 aromatic carbocycles. The van der Waals surface area contributed by atoms with Crippen LogP contribution in [0.15, 0.2) is 48.8 Å². The van der Waals surface area contributed by atoms with Crippen LogP contribution < -0.4 is 10.6 Å². The lowest BCUT2D eigenvalue weighted by Gasteiger charge is -2.22. The third-order valence-corrected chi connectivity index (χ3v) is 6.31. The van der Waals surface area contributed by atoms with E-state index in [0.717, 1.165) is 29.5 Å². The van der Waals surface area contributed by atoms with Crippen molar-refractivity contribution < 1.29 is 13.6 Å². The molecule has 1 aliphatic carbocycles. The maximum absolute atomic E-state index is 13.9. The van der Waals surface area contributed by atoms with E-state index in [1.165, 1.54) is 52.5 Å². The summed E-state index contributed by atoms with van der Waals surface area (Å²) in [6.07, 6.45) is 5.66. The lowest BCUT2D eigenvalue weighted by atomic mass is 10.1. The van der Waals surface area contributed by atoms with Crippen LogP contribution in [0.5, 0.6) is 0 Å². The molecule has 1 saturated carbocycles. The molecule has 31 heavy (non-hydrogen) atoms. The summed E-state index contributed by atoms with van der Waals surface area (Å²) in [6, 6.07) is 8.30. The molecular formula is C21H18F2N6OS. The SMILES string of the molecule is O=C(N[C@@H]1CCC[C@@H]1Nc1nc2ccc(F)cc2s1)c1cc(F)ccc1-n1ccnn1. The van der Waals surface area contributed by atoms with Crippen LogP contribution in [0.1, 0.15) is 29.6 Å². The summed E-state index contributed by atoms with van der Waals surface area (Å²) in [6.45, 7) is 0. The van der Waals surface area contributed by atoms with Crippen molar-refractivity contribution in [1.82, 2.24) is 25.3 Å². The number of carbonyl (C=O) groups is 1. The molecule has 10 heteroatoms. The maximum Gasteiger partial charge on any atom is 0.253 e. The minimum Gasteiger partial charge on any atom is -0.357 e. The predicted molar refractivity (Wildman–Crippen MR) is 113 cm³/mol. The molecule has 5 rings (SSSR count). The highest BCUT2D eigenvalue weighted by molar-refractivity contribution is 7.22. The monoisotopic (exact) mass is 440 g/mol. The van der Waals surface area contributed by atoms with E-state index in [1.807, 2.05) is 0 Å². The Morgan fingerprint density at radius 1 is 1.10 bits per heavy atom. The largest absolute Gasteiger partial charge is 0.357 e. The summed E-state index contributed by atoms with van der Waals surface area (Å²) < 4.78 is 29.5. The molecule has 158 valence electrons. The molecule has 0 bridgehead atoms. The Morgan fingerprint density at radius 3 is 2.74 bits per heavy atom. The van der Waals surface area contributed by atoms with Crippen LogP contribution in [0.25, 0.3) is 15.9 Å². The number of aromatic nitrogens is 4. The van der Waals surface area contributed by atoms with Gasteiger partial charge in [0.15, 0.2) is 5.13 Å². The second-order valence-electron chi connectivity index (χ2n) is 7.40.